The summed E-state index contributed by atoms with van der Waals surface area (Å²) in [6.45, 7) is 0. The maximum absolute atomic E-state index is 12.1. The third kappa shape index (κ3) is 2.15. The van der Waals surface area contributed by atoms with Gasteiger partial charge in [0.05, 0.1) is 0 Å². The summed E-state index contributed by atoms with van der Waals surface area (Å²) in [4.78, 5) is 20.3. The fourth-order valence-corrected chi connectivity index (χ4v) is 3.23. The van der Waals surface area contributed by atoms with Gasteiger partial charge in [-0.15, -0.1) is 0 Å². The van der Waals surface area contributed by atoms with Crippen molar-refractivity contribution >= 4 is 34.3 Å². The number of benzene rings is 2. The van der Waals surface area contributed by atoms with Crippen molar-refractivity contribution in [1.29, 1.82) is 0 Å². The van der Waals surface area contributed by atoms with E-state index in [4.69, 9.17) is 11.5 Å². The lowest BCUT2D eigenvalue weighted by molar-refractivity contribution is -0.116. The first-order valence-electron chi connectivity index (χ1n) is 7.34. The number of nitrogen functional groups attached to an aromatic ring is 2. The van der Waals surface area contributed by atoms with Gasteiger partial charge in [0.2, 0.25) is 11.9 Å². The summed E-state index contributed by atoms with van der Waals surface area (Å²) in [6.07, 6.45) is 0.304. The Bertz CT molecular complexity index is 932. The molecule has 2 aromatic carbocycles. The zero-order valence-electron chi connectivity index (χ0n) is 12.3. The van der Waals surface area contributed by atoms with Gasteiger partial charge in [-0.3, -0.25) is 4.79 Å². The molecule has 6 nitrogen and oxygen atoms in total. The molecule has 1 aliphatic heterocycles. The van der Waals surface area contributed by atoms with Crippen LogP contribution in [0.2, 0.25) is 0 Å². The SMILES string of the molecule is Nc1nc(N)c2c(n1)NC(=O)CC2c1cccc2ccccc12. The summed E-state index contributed by atoms with van der Waals surface area (Å²) in [7, 11) is 0. The second-order valence-electron chi connectivity index (χ2n) is 5.60. The van der Waals surface area contributed by atoms with Crippen molar-refractivity contribution in [2.45, 2.75) is 12.3 Å². The van der Waals surface area contributed by atoms with Crippen LogP contribution < -0.4 is 16.8 Å². The first-order chi connectivity index (χ1) is 11.1. The van der Waals surface area contributed by atoms with E-state index in [0.717, 1.165) is 21.9 Å². The summed E-state index contributed by atoms with van der Waals surface area (Å²) in [5.41, 5.74) is 13.5. The van der Waals surface area contributed by atoms with Crippen LogP contribution in [0.4, 0.5) is 17.6 Å². The molecule has 1 aliphatic rings. The molecule has 0 radical (unpaired) electrons. The molecule has 3 aromatic rings. The number of nitrogens with one attached hydrogen (secondary N) is 1. The van der Waals surface area contributed by atoms with Crippen LogP contribution in [-0.2, 0) is 4.79 Å². The number of carbonyl (C=O) groups is 1. The number of fused-ring (bicyclic) bond motifs is 2. The van der Waals surface area contributed by atoms with E-state index in [1.807, 2.05) is 42.5 Å². The van der Waals surface area contributed by atoms with Gasteiger partial charge >= 0.3 is 0 Å². The second kappa shape index (κ2) is 4.95. The topological polar surface area (TPSA) is 107 Å². The molecule has 6 heteroatoms. The van der Waals surface area contributed by atoms with Gasteiger partial charge in [0.15, 0.2) is 0 Å². The van der Waals surface area contributed by atoms with Crippen LogP contribution >= 0.6 is 0 Å². The third-order valence-electron chi connectivity index (χ3n) is 4.19. The summed E-state index contributed by atoms with van der Waals surface area (Å²) in [5.74, 6) is 0.480. The maximum atomic E-state index is 12.1. The molecule has 23 heavy (non-hydrogen) atoms. The van der Waals surface area contributed by atoms with E-state index in [9.17, 15) is 4.79 Å². The van der Waals surface area contributed by atoms with Crippen LogP contribution in [-0.4, -0.2) is 15.9 Å². The molecule has 2 heterocycles. The van der Waals surface area contributed by atoms with E-state index in [0.29, 0.717) is 18.1 Å². The Labute approximate surface area is 132 Å². The van der Waals surface area contributed by atoms with Gasteiger partial charge in [0, 0.05) is 17.9 Å². The van der Waals surface area contributed by atoms with Crippen LogP contribution in [0.15, 0.2) is 42.5 Å². The van der Waals surface area contributed by atoms with E-state index in [1.165, 1.54) is 0 Å². The Hall–Kier alpha value is -3.15. The van der Waals surface area contributed by atoms with E-state index in [-0.39, 0.29) is 17.8 Å². The summed E-state index contributed by atoms with van der Waals surface area (Å²) in [6, 6.07) is 14.1. The molecular weight excluding hydrogens is 290 g/mol. The highest BCUT2D eigenvalue weighted by Gasteiger charge is 2.31. The highest BCUT2D eigenvalue weighted by molar-refractivity contribution is 5.97. The fraction of sp³-hybridized carbons (Fsp3) is 0.118. The predicted octanol–water partition coefficient (Wildman–Crippen LogP) is 2.27. The molecule has 0 bridgehead atoms. The average Bonchev–Trinajstić information content (AvgIpc) is 2.52. The third-order valence-corrected chi connectivity index (χ3v) is 4.19. The largest absolute Gasteiger partial charge is 0.383 e. The summed E-state index contributed by atoms with van der Waals surface area (Å²) >= 11 is 0. The van der Waals surface area contributed by atoms with Crippen molar-refractivity contribution in [3.05, 3.63) is 53.6 Å². The smallest absolute Gasteiger partial charge is 0.226 e. The van der Waals surface area contributed by atoms with Crippen molar-refractivity contribution < 1.29 is 4.79 Å². The Morgan fingerprint density at radius 3 is 2.70 bits per heavy atom. The van der Waals surface area contributed by atoms with Gasteiger partial charge in [0.25, 0.3) is 0 Å². The van der Waals surface area contributed by atoms with Gasteiger partial charge in [-0.05, 0) is 16.3 Å². The van der Waals surface area contributed by atoms with Crippen molar-refractivity contribution in [2.24, 2.45) is 0 Å². The molecule has 1 aromatic heterocycles. The van der Waals surface area contributed by atoms with Crippen LogP contribution in [0, 0.1) is 0 Å². The molecule has 0 spiro atoms. The molecule has 0 fully saturated rings. The minimum absolute atomic E-state index is 0.0557. The van der Waals surface area contributed by atoms with E-state index < -0.39 is 0 Å². The van der Waals surface area contributed by atoms with Crippen LogP contribution in [0.1, 0.15) is 23.5 Å². The fourth-order valence-electron chi connectivity index (χ4n) is 3.23. The Morgan fingerprint density at radius 2 is 1.83 bits per heavy atom. The lowest BCUT2D eigenvalue weighted by Crippen LogP contribution is -2.26. The molecule has 1 amide bonds. The van der Waals surface area contributed by atoms with Crippen LogP contribution in [0.25, 0.3) is 10.8 Å². The quantitative estimate of drug-likeness (QED) is 0.639. The van der Waals surface area contributed by atoms with Crippen molar-refractivity contribution in [3.8, 4) is 0 Å². The number of hydrogen-bond donors (Lipinski definition) is 3. The molecular formula is C17H15N5O. The molecule has 114 valence electrons. The molecule has 0 aliphatic carbocycles. The van der Waals surface area contributed by atoms with Crippen LogP contribution in [0.3, 0.4) is 0 Å². The molecule has 1 atom stereocenters. The highest BCUT2D eigenvalue weighted by Crippen LogP contribution is 2.41. The minimum Gasteiger partial charge on any atom is -0.383 e. The average molecular weight is 305 g/mol. The number of hydrogen-bond acceptors (Lipinski definition) is 5. The van der Waals surface area contributed by atoms with E-state index in [1.54, 1.807) is 0 Å². The number of anilines is 3. The number of aromatic nitrogens is 2. The molecule has 1 unspecified atom stereocenters. The zero-order chi connectivity index (χ0) is 16.0. The van der Waals surface area contributed by atoms with Gasteiger partial charge < -0.3 is 16.8 Å². The van der Waals surface area contributed by atoms with Gasteiger partial charge in [0.1, 0.15) is 11.6 Å². The number of carbonyl (C=O) groups excluding carboxylic acids is 1. The Morgan fingerprint density at radius 1 is 1.04 bits per heavy atom. The molecule has 4 rings (SSSR count). The number of nitrogens with two attached hydrogens (primary N) is 2. The predicted molar refractivity (Wildman–Crippen MR) is 89.9 cm³/mol. The lowest BCUT2D eigenvalue weighted by Gasteiger charge is -2.27. The molecule has 0 saturated carbocycles. The van der Waals surface area contributed by atoms with E-state index in [2.05, 4.69) is 15.3 Å². The normalized spacial score (nSPS) is 16.9. The Balaban J connectivity index is 1.98. The van der Waals surface area contributed by atoms with Crippen molar-refractivity contribution in [2.75, 3.05) is 16.8 Å². The van der Waals surface area contributed by atoms with Gasteiger partial charge in [-0.25, -0.2) is 0 Å². The van der Waals surface area contributed by atoms with Gasteiger partial charge in [-0.2, -0.15) is 9.97 Å². The first kappa shape index (κ1) is 13.5. The van der Waals surface area contributed by atoms with E-state index >= 15 is 0 Å². The zero-order valence-corrected chi connectivity index (χ0v) is 12.3. The lowest BCUT2D eigenvalue weighted by atomic mass is 9.84. The maximum Gasteiger partial charge on any atom is 0.226 e. The highest BCUT2D eigenvalue weighted by atomic mass is 16.1. The Kier molecular flexibility index (Phi) is 2.90. The minimum atomic E-state index is -0.189. The monoisotopic (exact) mass is 305 g/mol. The van der Waals surface area contributed by atoms with Crippen molar-refractivity contribution in [3.63, 3.8) is 0 Å². The molecule has 5 N–H and O–H groups in total. The second-order valence-corrected chi connectivity index (χ2v) is 5.60. The van der Waals surface area contributed by atoms with Crippen LogP contribution in [0.5, 0.6) is 0 Å². The first-order valence-corrected chi connectivity index (χ1v) is 7.34. The van der Waals surface area contributed by atoms with Crippen molar-refractivity contribution in [1.82, 2.24) is 9.97 Å². The number of nitrogens with zero attached hydrogens (tertiary/aromatic N) is 2. The standard InChI is InChI=1S/C17H15N5O/c18-15-14-12(8-13(23)20-16(14)22-17(19)21-15)11-7-3-5-9-4-1-2-6-10(9)11/h1-7,12H,8H2,(H5,18,19,20,21,22,23). The number of rotatable bonds is 1. The number of amides is 1. The van der Waals surface area contributed by atoms with Gasteiger partial charge in [-0.1, -0.05) is 42.5 Å². The molecule has 0 saturated heterocycles. The summed E-state index contributed by atoms with van der Waals surface area (Å²) < 4.78 is 0. The summed E-state index contributed by atoms with van der Waals surface area (Å²) in [5, 5.41) is 4.95.